The maximum atomic E-state index is 14.8. The maximum Gasteiger partial charge on any atom is 0.318 e. The van der Waals surface area contributed by atoms with Gasteiger partial charge in [0.1, 0.15) is 17.8 Å². The molecule has 1 aromatic heterocycles. The first kappa shape index (κ1) is 18.7. The predicted octanol–water partition coefficient (Wildman–Crippen LogP) is 2.73. The van der Waals surface area contributed by atoms with E-state index in [0.29, 0.717) is 18.9 Å². The first-order valence-corrected chi connectivity index (χ1v) is 9.03. The zero-order chi connectivity index (χ0) is 19.8. The number of rotatable bonds is 3. The summed E-state index contributed by atoms with van der Waals surface area (Å²) in [5.41, 5.74) is 0.289. The smallest absolute Gasteiger partial charge is 0.318 e. The molecule has 2 aliphatic heterocycles. The third-order valence-electron chi connectivity index (χ3n) is 5.04. The highest BCUT2D eigenvalue weighted by molar-refractivity contribution is 5.79. The van der Waals surface area contributed by atoms with Crippen molar-refractivity contribution in [3.05, 3.63) is 41.3 Å². The molecule has 2 aromatic rings. The van der Waals surface area contributed by atoms with Gasteiger partial charge < -0.3 is 9.32 Å². The van der Waals surface area contributed by atoms with Crippen molar-refractivity contribution in [1.82, 2.24) is 15.3 Å². The number of carbonyl (C=O) groups excluding carboxylic acids is 1. The normalized spacial score (nSPS) is 25.4. The minimum absolute atomic E-state index is 0.0643. The van der Waals surface area contributed by atoms with Gasteiger partial charge in [-0.05, 0) is 24.1 Å². The lowest BCUT2D eigenvalue weighted by atomic mass is 9.93. The van der Waals surface area contributed by atoms with Gasteiger partial charge in [-0.25, -0.2) is 18.2 Å². The molecule has 3 atom stereocenters. The number of nitrogens with zero attached hydrogens (tertiary/aromatic N) is 4. The van der Waals surface area contributed by atoms with Crippen molar-refractivity contribution in [3.63, 3.8) is 0 Å². The van der Waals surface area contributed by atoms with Crippen LogP contribution < -0.4 is 4.90 Å². The van der Waals surface area contributed by atoms with Crippen molar-refractivity contribution in [2.75, 3.05) is 24.6 Å². The van der Waals surface area contributed by atoms with Gasteiger partial charge in [0.15, 0.2) is 0 Å². The van der Waals surface area contributed by atoms with Crippen LogP contribution in [0, 0.1) is 24.5 Å². The highest BCUT2D eigenvalue weighted by Crippen LogP contribution is 2.35. The van der Waals surface area contributed by atoms with Crippen LogP contribution in [0.4, 0.5) is 19.2 Å². The Hall–Kier alpha value is -2.62. The van der Waals surface area contributed by atoms with Gasteiger partial charge in [-0.15, -0.1) is 5.10 Å². The molecule has 28 heavy (non-hydrogen) atoms. The first-order valence-electron chi connectivity index (χ1n) is 9.03. The number of halogens is 3. The summed E-state index contributed by atoms with van der Waals surface area (Å²) in [4.78, 5) is 19.9. The summed E-state index contributed by atoms with van der Waals surface area (Å²) in [6.45, 7) is 2.15. The number of anilines is 1. The number of aryl methyl sites for hydroxylation is 1. The van der Waals surface area contributed by atoms with Crippen LogP contribution in [0.5, 0.6) is 0 Å². The van der Waals surface area contributed by atoms with Gasteiger partial charge >= 0.3 is 6.01 Å². The molecule has 2 saturated heterocycles. The quantitative estimate of drug-likeness (QED) is 0.795. The van der Waals surface area contributed by atoms with Crippen LogP contribution in [0.15, 0.2) is 22.6 Å². The van der Waals surface area contributed by atoms with Gasteiger partial charge in [0.25, 0.3) is 5.91 Å². The molecule has 2 fully saturated rings. The van der Waals surface area contributed by atoms with Gasteiger partial charge in [0.2, 0.25) is 5.89 Å². The molecule has 4 rings (SSSR count). The van der Waals surface area contributed by atoms with Crippen LogP contribution in [-0.4, -0.2) is 47.0 Å². The molecule has 1 aromatic carbocycles. The fraction of sp³-hybridized carbons (Fsp3) is 0.500. The average molecular weight is 396 g/mol. The van der Waals surface area contributed by atoms with E-state index in [1.54, 1.807) is 11.8 Å². The average Bonchev–Trinajstić information content (AvgIpc) is 3.29. The predicted molar refractivity (Wildman–Crippen MR) is 90.8 cm³/mol. The van der Waals surface area contributed by atoms with E-state index in [1.165, 1.54) is 0 Å². The molecule has 7 nitrogen and oxygen atoms in total. The highest BCUT2D eigenvalue weighted by Gasteiger charge is 2.42. The Bertz CT molecular complexity index is 857. The van der Waals surface area contributed by atoms with Crippen molar-refractivity contribution < 1.29 is 27.2 Å². The number of benzene rings is 1. The minimum atomic E-state index is -1.47. The van der Waals surface area contributed by atoms with Gasteiger partial charge in [0.05, 0.1) is 25.1 Å². The molecule has 10 heteroatoms. The third-order valence-corrected chi connectivity index (χ3v) is 5.04. The summed E-state index contributed by atoms with van der Waals surface area (Å²) in [5, 5.41) is 8.66. The summed E-state index contributed by atoms with van der Waals surface area (Å²) in [6, 6.07) is 2.66. The Labute approximate surface area is 159 Å². The lowest BCUT2D eigenvalue weighted by molar-refractivity contribution is -0.184. The molecule has 0 N–H and O–H groups in total. The maximum absolute atomic E-state index is 14.8. The third kappa shape index (κ3) is 3.56. The fourth-order valence-corrected chi connectivity index (χ4v) is 3.69. The van der Waals surface area contributed by atoms with E-state index in [2.05, 4.69) is 10.2 Å². The Balaban J connectivity index is 1.47. The summed E-state index contributed by atoms with van der Waals surface area (Å²) in [7, 11) is 0. The van der Waals surface area contributed by atoms with Crippen LogP contribution in [0.2, 0.25) is 0 Å². The molecule has 1 amide bonds. The van der Waals surface area contributed by atoms with E-state index in [0.717, 1.165) is 23.3 Å². The minimum Gasteiger partial charge on any atom is -0.408 e. The molecule has 2 aliphatic rings. The Morgan fingerprint density at radius 1 is 1.18 bits per heavy atom. The summed E-state index contributed by atoms with van der Waals surface area (Å²) in [5.74, 6) is -2.54. The molecule has 0 aliphatic carbocycles. The standard InChI is InChI=1S/C18H19F3N4O3/c1-10-22-23-18(28-10)24-4-2-14(15(21)9-24)17(26)25-16(3-5-27-25)11-6-12(19)8-13(20)7-11/h6-8,14-16H,2-5,9H2,1H3/t14-,15+,16-/m0/s1. The molecule has 0 spiro atoms. The largest absolute Gasteiger partial charge is 0.408 e. The number of piperidine rings is 1. The van der Waals surface area contributed by atoms with E-state index >= 15 is 0 Å². The second-order valence-electron chi connectivity index (χ2n) is 6.97. The Kier molecular flexibility index (Phi) is 4.96. The second kappa shape index (κ2) is 7.42. The number of hydroxylamine groups is 2. The zero-order valence-corrected chi connectivity index (χ0v) is 15.1. The lowest BCUT2D eigenvalue weighted by Gasteiger charge is -2.35. The van der Waals surface area contributed by atoms with Crippen LogP contribution in [0.3, 0.4) is 0 Å². The molecule has 0 saturated carbocycles. The van der Waals surface area contributed by atoms with Crippen LogP contribution in [-0.2, 0) is 9.63 Å². The van der Waals surface area contributed by atoms with Gasteiger partial charge in [-0.3, -0.25) is 9.63 Å². The van der Waals surface area contributed by atoms with Crippen LogP contribution in [0.25, 0.3) is 0 Å². The van der Waals surface area contributed by atoms with Gasteiger partial charge in [-0.1, -0.05) is 5.10 Å². The SMILES string of the molecule is Cc1nnc(N2CC[C@H](C(=O)N3OCC[C@H]3c3cc(F)cc(F)c3)[C@H](F)C2)o1. The number of carbonyl (C=O) groups is 1. The van der Waals surface area contributed by atoms with Crippen molar-refractivity contribution in [1.29, 1.82) is 0 Å². The summed E-state index contributed by atoms with van der Waals surface area (Å²) >= 11 is 0. The Morgan fingerprint density at radius 3 is 2.57 bits per heavy atom. The van der Waals surface area contributed by atoms with Crippen LogP contribution in [0.1, 0.15) is 30.3 Å². The molecule has 3 heterocycles. The number of amides is 1. The Morgan fingerprint density at radius 2 is 1.93 bits per heavy atom. The van der Waals surface area contributed by atoms with Crippen molar-refractivity contribution >= 4 is 11.9 Å². The number of alkyl halides is 1. The molecule has 0 radical (unpaired) electrons. The van der Waals surface area contributed by atoms with Crippen molar-refractivity contribution in [2.45, 2.75) is 32.0 Å². The van der Waals surface area contributed by atoms with E-state index < -0.39 is 35.7 Å². The molecular formula is C18H19F3N4O3. The second-order valence-corrected chi connectivity index (χ2v) is 6.97. The van der Waals surface area contributed by atoms with E-state index in [1.807, 2.05) is 0 Å². The van der Waals surface area contributed by atoms with E-state index in [4.69, 9.17) is 9.25 Å². The zero-order valence-electron chi connectivity index (χ0n) is 15.1. The van der Waals surface area contributed by atoms with Crippen molar-refractivity contribution in [3.8, 4) is 0 Å². The molecule has 150 valence electrons. The molecule has 0 unspecified atom stereocenters. The lowest BCUT2D eigenvalue weighted by Crippen LogP contribution is -2.48. The van der Waals surface area contributed by atoms with Gasteiger partial charge in [-0.2, -0.15) is 0 Å². The summed E-state index contributed by atoms with van der Waals surface area (Å²) in [6.07, 6.45) is -0.862. The topological polar surface area (TPSA) is 71.7 Å². The van der Waals surface area contributed by atoms with E-state index in [-0.39, 0.29) is 31.2 Å². The molecule has 0 bridgehead atoms. The van der Waals surface area contributed by atoms with E-state index in [9.17, 15) is 18.0 Å². The van der Waals surface area contributed by atoms with Crippen molar-refractivity contribution in [2.24, 2.45) is 5.92 Å². The molecular weight excluding hydrogens is 377 g/mol. The highest BCUT2D eigenvalue weighted by atomic mass is 19.1. The van der Waals surface area contributed by atoms with Gasteiger partial charge in [0, 0.05) is 26.0 Å². The number of hydrogen-bond acceptors (Lipinski definition) is 6. The number of hydrogen-bond donors (Lipinski definition) is 0. The van der Waals surface area contributed by atoms with Crippen LogP contribution >= 0.6 is 0 Å². The monoisotopic (exact) mass is 396 g/mol. The number of aromatic nitrogens is 2. The fourth-order valence-electron chi connectivity index (χ4n) is 3.69. The first-order chi connectivity index (χ1) is 13.4. The summed E-state index contributed by atoms with van der Waals surface area (Å²) < 4.78 is 47.2.